The molecule has 0 unspecified atom stereocenters. The van der Waals surface area contributed by atoms with Crippen LogP contribution in [0.1, 0.15) is 15.9 Å². The molecule has 2 N–H and O–H groups in total. The van der Waals surface area contributed by atoms with Crippen LogP contribution >= 0.6 is 0 Å². The number of anilines is 1. The van der Waals surface area contributed by atoms with E-state index in [0.717, 1.165) is 5.56 Å². The molecule has 142 valence electrons. The van der Waals surface area contributed by atoms with Crippen molar-refractivity contribution in [1.82, 2.24) is 20.2 Å². The molecule has 4 rings (SSSR count). The summed E-state index contributed by atoms with van der Waals surface area (Å²) in [4.78, 5) is 33.6. The summed E-state index contributed by atoms with van der Waals surface area (Å²) < 4.78 is 13.8. The molecule has 0 spiro atoms. The number of rotatable bonds is 4. The highest BCUT2D eigenvalue weighted by atomic mass is 19.1. The van der Waals surface area contributed by atoms with Gasteiger partial charge in [0, 0.05) is 30.6 Å². The molecule has 2 aromatic carbocycles. The predicted octanol–water partition coefficient (Wildman–Crippen LogP) is 1.95. The zero-order valence-corrected chi connectivity index (χ0v) is 15.0. The van der Waals surface area contributed by atoms with E-state index in [2.05, 4.69) is 20.6 Å². The Morgan fingerprint density at radius 3 is 2.79 bits per heavy atom. The lowest BCUT2D eigenvalue weighted by atomic mass is 10.1. The molecule has 28 heavy (non-hydrogen) atoms. The van der Waals surface area contributed by atoms with Crippen LogP contribution < -0.4 is 10.6 Å². The van der Waals surface area contributed by atoms with E-state index >= 15 is 0 Å². The van der Waals surface area contributed by atoms with E-state index in [9.17, 15) is 14.0 Å². The van der Waals surface area contributed by atoms with E-state index < -0.39 is 5.82 Å². The predicted molar refractivity (Wildman–Crippen MR) is 102 cm³/mol. The number of carbonyl (C=O) groups is 2. The average molecular weight is 379 g/mol. The summed E-state index contributed by atoms with van der Waals surface area (Å²) in [6.45, 7) is 1.52. The number of fused-ring (bicyclic) bond motifs is 1. The van der Waals surface area contributed by atoms with Crippen LogP contribution in [0.4, 0.5) is 10.2 Å². The Morgan fingerprint density at radius 2 is 2.00 bits per heavy atom. The standard InChI is InChI=1S/C20H18FN5O2/c21-16-3-1-2-15-18(16)24-12-25-19(15)23-10-13-4-6-14(7-5-13)20(28)26-9-8-22-17(27)11-26/h1-7,12H,8-11H2,(H,22,27)(H,23,24,25). The third-order valence-electron chi connectivity index (χ3n) is 4.60. The minimum Gasteiger partial charge on any atom is -0.365 e. The highest BCUT2D eigenvalue weighted by Crippen LogP contribution is 2.21. The molecule has 8 heteroatoms. The van der Waals surface area contributed by atoms with E-state index in [1.54, 1.807) is 24.3 Å². The van der Waals surface area contributed by atoms with Gasteiger partial charge in [0.15, 0.2) is 0 Å². The maximum Gasteiger partial charge on any atom is 0.254 e. The second kappa shape index (κ2) is 7.59. The molecular weight excluding hydrogens is 361 g/mol. The molecule has 0 atom stereocenters. The molecule has 7 nitrogen and oxygen atoms in total. The quantitative estimate of drug-likeness (QED) is 0.724. The number of piperazine rings is 1. The Hall–Kier alpha value is -3.55. The topological polar surface area (TPSA) is 87.2 Å². The lowest BCUT2D eigenvalue weighted by Gasteiger charge is -2.26. The van der Waals surface area contributed by atoms with E-state index in [1.165, 1.54) is 17.3 Å². The lowest BCUT2D eigenvalue weighted by molar-refractivity contribution is -0.123. The third-order valence-corrected chi connectivity index (χ3v) is 4.60. The fraction of sp³-hybridized carbons (Fsp3) is 0.200. The molecule has 1 aliphatic heterocycles. The van der Waals surface area contributed by atoms with Crippen LogP contribution in [0.3, 0.4) is 0 Å². The van der Waals surface area contributed by atoms with Gasteiger partial charge >= 0.3 is 0 Å². The van der Waals surface area contributed by atoms with Crippen LogP contribution in [0.5, 0.6) is 0 Å². The average Bonchev–Trinajstić information content (AvgIpc) is 2.72. The first-order valence-corrected chi connectivity index (χ1v) is 8.90. The summed E-state index contributed by atoms with van der Waals surface area (Å²) in [5, 5.41) is 6.49. The number of para-hydroxylation sites is 1. The number of amides is 2. The summed E-state index contributed by atoms with van der Waals surface area (Å²) in [6, 6.07) is 11.9. The molecule has 0 saturated carbocycles. The summed E-state index contributed by atoms with van der Waals surface area (Å²) in [7, 11) is 0. The number of nitrogens with one attached hydrogen (secondary N) is 2. The normalized spacial score (nSPS) is 14.0. The first-order valence-electron chi connectivity index (χ1n) is 8.90. The van der Waals surface area contributed by atoms with Gasteiger partial charge in [0.1, 0.15) is 23.5 Å². The van der Waals surface area contributed by atoms with Crippen LogP contribution in [0, 0.1) is 5.82 Å². The van der Waals surface area contributed by atoms with Crippen molar-refractivity contribution in [3.63, 3.8) is 0 Å². The summed E-state index contributed by atoms with van der Waals surface area (Å²) in [5.41, 5.74) is 1.75. The van der Waals surface area contributed by atoms with E-state index in [0.29, 0.717) is 36.4 Å². The number of benzene rings is 2. The number of halogens is 1. The van der Waals surface area contributed by atoms with Crippen molar-refractivity contribution >= 4 is 28.5 Å². The molecule has 1 fully saturated rings. The Labute approximate surface area is 160 Å². The Bertz CT molecular complexity index is 1040. The maximum absolute atomic E-state index is 13.8. The zero-order chi connectivity index (χ0) is 19.5. The van der Waals surface area contributed by atoms with Gasteiger partial charge in [-0.1, -0.05) is 18.2 Å². The monoisotopic (exact) mass is 379 g/mol. The van der Waals surface area contributed by atoms with Gasteiger partial charge in [0.25, 0.3) is 5.91 Å². The second-order valence-corrected chi connectivity index (χ2v) is 6.49. The number of hydrogen-bond acceptors (Lipinski definition) is 5. The summed E-state index contributed by atoms with van der Waals surface area (Å²) >= 11 is 0. The van der Waals surface area contributed by atoms with Gasteiger partial charge in [0.2, 0.25) is 5.91 Å². The van der Waals surface area contributed by atoms with Crippen molar-refractivity contribution in [2.24, 2.45) is 0 Å². The van der Waals surface area contributed by atoms with Crippen molar-refractivity contribution in [3.8, 4) is 0 Å². The van der Waals surface area contributed by atoms with Crippen molar-refractivity contribution in [2.45, 2.75) is 6.54 Å². The van der Waals surface area contributed by atoms with Gasteiger partial charge in [0.05, 0.1) is 6.54 Å². The molecule has 2 heterocycles. The number of nitrogens with zero attached hydrogens (tertiary/aromatic N) is 3. The number of hydrogen-bond donors (Lipinski definition) is 2. The smallest absolute Gasteiger partial charge is 0.254 e. The van der Waals surface area contributed by atoms with Crippen LogP contribution in [-0.4, -0.2) is 46.3 Å². The Balaban J connectivity index is 1.45. The van der Waals surface area contributed by atoms with Crippen molar-refractivity contribution in [2.75, 3.05) is 25.0 Å². The SMILES string of the molecule is O=C1CN(C(=O)c2ccc(CNc3ncnc4c(F)cccc34)cc2)CCN1. The van der Waals surface area contributed by atoms with Crippen LogP contribution in [0.15, 0.2) is 48.8 Å². The van der Waals surface area contributed by atoms with Gasteiger partial charge in [-0.2, -0.15) is 0 Å². The summed E-state index contributed by atoms with van der Waals surface area (Å²) in [6.07, 6.45) is 1.32. The molecule has 0 bridgehead atoms. The first kappa shape index (κ1) is 17.8. The fourth-order valence-corrected chi connectivity index (χ4v) is 3.14. The van der Waals surface area contributed by atoms with Crippen LogP contribution in [0.25, 0.3) is 10.9 Å². The number of aromatic nitrogens is 2. The first-order chi connectivity index (χ1) is 13.6. The Morgan fingerprint density at radius 1 is 1.18 bits per heavy atom. The van der Waals surface area contributed by atoms with Gasteiger partial charge in [-0.05, 0) is 29.8 Å². The summed E-state index contributed by atoms with van der Waals surface area (Å²) in [5.74, 6) is -0.151. The van der Waals surface area contributed by atoms with Gasteiger partial charge in [-0.25, -0.2) is 14.4 Å². The molecule has 0 aliphatic carbocycles. The van der Waals surface area contributed by atoms with Crippen LogP contribution in [0.2, 0.25) is 0 Å². The fourth-order valence-electron chi connectivity index (χ4n) is 3.14. The van der Waals surface area contributed by atoms with Gasteiger partial charge in [-0.15, -0.1) is 0 Å². The highest BCUT2D eigenvalue weighted by Gasteiger charge is 2.22. The lowest BCUT2D eigenvalue weighted by Crippen LogP contribution is -2.49. The molecular formula is C20H18FN5O2. The van der Waals surface area contributed by atoms with Crippen molar-refractivity contribution < 1.29 is 14.0 Å². The van der Waals surface area contributed by atoms with Gasteiger partial charge < -0.3 is 15.5 Å². The third kappa shape index (κ3) is 3.62. The highest BCUT2D eigenvalue weighted by molar-refractivity contribution is 5.97. The maximum atomic E-state index is 13.8. The molecule has 1 aromatic heterocycles. The molecule has 2 amide bonds. The minimum atomic E-state index is -0.391. The largest absolute Gasteiger partial charge is 0.365 e. The second-order valence-electron chi connectivity index (χ2n) is 6.49. The van der Waals surface area contributed by atoms with E-state index in [-0.39, 0.29) is 23.9 Å². The van der Waals surface area contributed by atoms with Crippen molar-refractivity contribution in [1.29, 1.82) is 0 Å². The molecule has 1 aliphatic rings. The molecule has 0 radical (unpaired) electrons. The molecule has 1 saturated heterocycles. The van der Waals surface area contributed by atoms with E-state index in [1.807, 2.05) is 12.1 Å². The minimum absolute atomic E-state index is 0.0828. The number of carbonyl (C=O) groups excluding carboxylic acids is 2. The Kier molecular flexibility index (Phi) is 4.84. The zero-order valence-electron chi connectivity index (χ0n) is 15.0. The molecule has 3 aromatic rings. The van der Waals surface area contributed by atoms with E-state index in [4.69, 9.17) is 0 Å². The van der Waals surface area contributed by atoms with Crippen LogP contribution in [-0.2, 0) is 11.3 Å². The van der Waals surface area contributed by atoms with Crippen molar-refractivity contribution in [3.05, 3.63) is 65.7 Å². The van der Waals surface area contributed by atoms with Gasteiger partial charge in [-0.3, -0.25) is 9.59 Å².